The van der Waals surface area contributed by atoms with E-state index in [1.165, 1.54) is 11.3 Å². The van der Waals surface area contributed by atoms with Crippen molar-refractivity contribution in [2.75, 3.05) is 6.61 Å². The first-order chi connectivity index (χ1) is 10.7. The molecule has 3 unspecified atom stereocenters. The first-order valence-corrected chi connectivity index (χ1v) is 8.64. The van der Waals surface area contributed by atoms with E-state index in [9.17, 15) is 4.79 Å². The van der Waals surface area contributed by atoms with Gasteiger partial charge in [0.2, 0.25) is 0 Å². The number of aromatic amines is 1. The number of nitrogens with one attached hydrogen (secondary N) is 2. The Morgan fingerprint density at radius 1 is 1.45 bits per heavy atom. The highest BCUT2D eigenvalue weighted by atomic mass is 16.5. The minimum absolute atomic E-state index is 0.0317. The Bertz CT molecular complexity index is 472. The lowest BCUT2D eigenvalue weighted by molar-refractivity contribution is -0.148. The van der Waals surface area contributed by atoms with Crippen LogP contribution in [0.1, 0.15) is 70.2 Å². The number of hydrogen-bond donors (Lipinski definition) is 2. The Kier molecular flexibility index (Phi) is 6.43. The number of rotatable bonds is 8. The molecule has 124 valence electrons. The molecule has 3 atom stereocenters. The highest BCUT2D eigenvalue weighted by Gasteiger charge is 2.31. The molecule has 1 aliphatic heterocycles. The average Bonchev–Trinajstić information content (AvgIpc) is 2.99. The van der Waals surface area contributed by atoms with Crippen LogP contribution in [-0.2, 0) is 16.0 Å². The van der Waals surface area contributed by atoms with E-state index in [1.54, 1.807) is 0 Å². The summed E-state index contributed by atoms with van der Waals surface area (Å²) in [4.78, 5) is 12.3. The van der Waals surface area contributed by atoms with Crippen LogP contribution in [0, 0.1) is 5.92 Å². The van der Waals surface area contributed by atoms with Gasteiger partial charge in [-0.3, -0.25) is 9.89 Å². The van der Waals surface area contributed by atoms with Gasteiger partial charge in [0.1, 0.15) is 0 Å². The summed E-state index contributed by atoms with van der Waals surface area (Å²) in [6.07, 6.45) is 7.82. The van der Waals surface area contributed by atoms with Gasteiger partial charge in [0.05, 0.1) is 18.7 Å². The third kappa shape index (κ3) is 4.09. The van der Waals surface area contributed by atoms with Crippen molar-refractivity contribution in [1.29, 1.82) is 0 Å². The number of esters is 1. The van der Waals surface area contributed by atoms with E-state index < -0.39 is 0 Å². The lowest BCUT2D eigenvalue weighted by atomic mass is 9.87. The van der Waals surface area contributed by atoms with Gasteiger partial charge in [-0.1, -0.05) is 26.7 Å². The van der Waals surface area contributed by atoms with Gasteiger partial charge in [0, 0.05) is 29.8 Å². The number of ether oxygens (including phenoxy) is 1. The summed E-state index contributed by atoms with van der Waals surface area (Å²) in [6.45, 7) is 6.67. The lowest BCUT2D eigenvalue weighted by Gasteiger charge is -2.32. The summed E-state index contributed by atoms with van der Waals surface area (Å²) >= 11 is 0. The van der Waals surface area contributed by atoms with Gasteiger partial charge < -0.3 is 10.1 Å². The SMILES string of the molecule is CCCCC(CC1NC(CC)Cc2[nH]ncc21)C(=O)OCC. The maximum atomic E-state index is 12.3. The standard InChI is InChI=1S/C17H29N3O2/c1-4-7-8-12(17(21)22-6-3)9-15-14-11-18-20-16(14)10-13(5-2)19-15/h11-13,15,19H,4-10H2,1-3H3,(H,18,20). The van der Waals surface area contributed by atoms with E-state index in [0.29, 0.717) is 12.6 Å². The van der Waals surface area contributed by atoms with Gasteiger partial charge in [-0.2, -0.15) is 5.10 Å². The van der Waals surface area contributed by atoms with E-state index in [0.717, 1.165) is 38.5 Å². The van der Waals surface area contributed by atoms with Crippen LogP contribution in [0.3, 0.4) is 0 Å². The van der Waals surface area contributed by atoms with Crippen LogP contribution < -0.4 is 5.32 Å². The van der Waals surface area contributed by atoms with Gasteiger partial charge in [-0.05, 0) is 26.2 Å². The molecule has 1 aromatic rings. The number of aromatic nitrogens is 2. The molecule has 0 saturated heterocycles. The van der Waals surface area contributed by atoms with Crippen molar-refractivity contribution < 1.29 is 9.53 Å². The highest BCUT2D eigenvalue weighted by molar-refractivity contribution is 5.72. The molecule has 2 N–H and O–H groups in total. The van der Waals surface area contributed by atoms with E-state index in [4.69, 9.17) is 4.74 Å². The Balaban J connectivity index is 2.09. The zero-order valence-corrected chi connectivity index (χ0v) is 14.0. The van der Waals surface area contributed by atoms with Crippen LogP contribution in [-0.4, -0.2) is 28.8 Å². The van der Waals surface area contributed by atoms with E-state index in [2.05, 4.69) is 29.4 Å². The number of hydrogen-bond acceptors (Lipinski definition) is 4. The lowest BCUT2D eigenvalue weighted by Crippen LogP contribution is -2.40. The molecule has 5 nitrogen and oxygen atoms in total. The molecule has 22 heavy (non-hydrogen) atoms. The average molecular weight is 307 g/mol. The van der Waals surface area contributed by atoms with Crippen molar-refractivity contribution in [3.05, 3.63) is 17.5 Å². The van der Waals surface area contributed by atoms with Crippen molar-refractivity contribution in [2.24, 2.45) is 5.92 Å². The molecule has 0 saturated carbocycles. The van der Waals surface area contributed by atoms with Crippen molar-refractivity contribution in [2.45, 2.75) is 71.4 Å². The fourth-order valence-electron chi connectivity index (χ4n) is 3.25. The Labute approximate surface area is 133 Å². The number of nitrogens with zero attached hydrogens (tertiary/aromatic N) is 1. The molecule has 0 amide bonds. The monoisotopic (exact) mass is 307 g/mol. The predicted molar refractivity (Wildman–Crippen MR) is 86.5 cm³/mol. The predicted octanol–water partition coefficient (Wildman–Crippen LogP) is 3.13. The molecule has 2 heterocycles. The third-order valence-corrected chi connectivity index (χ3v) is 4.55. The molecule has 0 spiro atoms. The smallest absolute Gasteiger partial charge is 0.308 e. The topological polar surface area (TPSA) is 67.0 Å². The van der Waals surface area contributed by atoms with Crippen LogP contribution in [0.2, 0.25) is 0 Å². The molecule has 5 heteroatoms. The van der Waals surface area contributed by atoms with Crippen LogP contribution in [0.15, 0.2) is 6.20 Å². The molecule has 2 rings (SSSR count). The van der Waals surface area contributed by atoms with E-state index in [-0.39, 0.29) is 17.9 Å². The largest absolute Gasteiger partial charge is 0.466 e. The van der Waals surface area contributed by atoms with Crippen LogP contribution >= 0.6 is 0 Å². The van der Waals surface area contributed by atoms with Gasteiger partial charge >= 0.3 is 5.97 Å². The summed E-state index contributed by atoms with van der Waals surface area (Å²) in [6, 6.07) is 0.644. The molecule has 0 aromatic carbocycles. The number of fused-ring (bicyclic) bond motifs is 1. The van der Waals surface area contributed by atoms with Crippen molar-refractivity contribution in [1.82, 2.24) is 15.5 Å². The van der Waals surface area contributed by atoms with Gasteiger partial charge in [0.15, 0.2) is 0 Å². The molecule has 0 aliphatic carbocycles. The molecule has 0 radical (unpaired) electrons. The second kappa shape index (κ2) is 8.32. The molecule has 1 aliphatic rings. The van der Waals surface area contributed by atoms with Crippen LogP contribution in [0.25, 0.3) is 0 Å². The Morgan fingerprint density at radius 2 is 2.27 bits per heavy atom. The number of carbonyl (C=O) groups is 1. The zero-order chi connectivity index (χ0) is 15.9. The van der Waals surface area contributed by atoms with E-state index in [1.807, 2.05) is 13.1 Å². The maximum Gasteiger partial charge on any atom is 0.308 e. The number of carbonyl (C=O) groups excluding carboxylic acids is 1. The first-order valence-electron chi connectivity index (χ1n) is 8.64. The fourth-order valence-corrected chi connectivity index (χ4v) is 3.25. The van der Waals surface area contributed by atoms with Crippen molar-refractivity contribution >= 4 is 5.97 Å². The summed E-state index contributed by atoms with van der Waals surface area (Å²) in [5, 5.41) is 11.0. The van der Waals surface area contributed by atoms with Crippen LogP contribution in [0.4, 0.5) is 0 Å². The van der Waals surface area contributed by atoms with Crippen molar-refractivity contribution in [3.63, 3.8) is 0 Å². The fraction of sp³-hybridized carbons (Fsp3) is 0.765. The summed E-state index contributed by atoms with van der Waals surface area (Å²) in [5.41, 5.74) is 2.43. The highest BCUT2D eigenvalue weighted by Crippen LogP contribution is 2.31. The third-order valence-electron chi connectivity index (χ3n) is 4.55. The molecule has 0 bridgehead atoms. The summed E-state index contributed by atoms with van der Waals surface area (Å²) < 4.78 is 5.28. The first kappa shape index (κ1) is 17.0. The molecule has 0 fully saturated rings. The molecular weight excluding hydrogens is 278 g/mol. The Hall–Kier alpha value is -1.36. The maximum absolute atomic E-state index is 12.3. The second-order valence-electron chi connectivity index (χ2n) is 6.16. The summed E-state index contributed by atoms with van der Waals surface area (Å²) in [5.74, 6) is -0.0860. The summed E-state index contributed by atoms with van der Waals surface area (Å²) in [7, 11) is 0. The second-order valence-corrected chi connectivity index (χ2v) is 6.16. The zero-order valence-electron chi connectivity index (χ0n) is 14.0. The number of unbranched alkanes of at least 4 members (excludes halogenated alkanes) is 1. The van der Waals surface area contributed by atoms with Gasteiger partial charge in [-0.15, -0.1) is 0 Å². The van der Waals surface area contributed by atoms with Gasteiger partial charge in [-0.25, -0.2) is 0 Å². The number of H-pyrrole nitrogens is 1. The minimum atomic E-state index is -0.0542. The van der Waals surface area contributed by atoms with Gasteiger partial charge in [0.25, 0.3) is 0 Å². The van der Waals surface area contributed by atoms with Crippen LogP contribution in [0.5, 0.6) is 0 Å². The Morgan fingerprint density at radius 3 is 2.95 bits per heavy atom. The quantitative estimate of drug-likeness (QED) is 0.724. The normalized spacial score (nSPS) is 22.1. The molecule has 1 aromatic heterocycles. The van der Waals surface area contributed by atoms with E-state index >= 15 is 0 Å². The van der Waals surface area contributed by atoms with Crippen molar-refractivity contribution in [3.8, 4) is 0 Å². The minimum Gasteiger partial charge on any atom is -0.466 e. The molecular formula is C17H29N3O2.